The van der Waals surface area contributed by atoms with Crippen LogP contribution in [-0.2, 0) is 4.74 Å². The summed E-state index contributed by atoms with van der Waals surface area (Å²) < 4.78 is 5.42. The quantitative estimate of drug-likeness (QED) is 0.832. The van der Waals surface area contributed by atoms with Crippen LogP contribution in [0.3, 0.4) is 0 Å². The van der Waals surface area contributed by atoms with Crippen molar-refractivity contribution in [2.24, 2.45) is 17.8 Å². The monoisotopic (exact) mass is 269 g/mol. The molecular formula is C16H31NO2. The molecule has 3 heteroatoms. The van der Waals surface area contributed by atoms with Crippen molar-refractivity contribution in [1.29, 1.82) is 0 Å². The van der Waals surface area contributed by atoms with Gasteiger partial charge in [-0.15, -0.1) is 0 Å². The molecule has 0 aromatic heterocycles. The standard InChI is InChI=1S/C16H31NO2/c1-3-13-4-5-16(18)15(10-13)12-17(2)11-14-6-8-19-9-7-14/h13-16,18H,3-12H2,1-2H3. The van der Waals surface area contributed by atoms with Crippen molar-refractivity contribution in [2.75, 3.05) is 33.4 Å². The lowest BCUT2D eigenvalue weighted by molar-refractivity contribution is 0.0197. The van der Waals surface area contributed by atoms with E-state index in [0.717, 1.165) is 38.0 Å². The van der Waals surface area contributed by atoms with Crippen LogP contribution in [0.5, 0.6) is 0 Å². The molecule has 2 aliphatic rings. The topological polar surface area (TPSA) is 32.7 Å². The van der Waals surface area contributed by atoms with Gasteiger partial charge in [-0.2, -0.15) is 0 Å². The van der Waals surface area contributed by atoms with Crippen LogP contribution in [0, 0.1) is 17.8 Å². The minimum absolute atomic E-state index is 0.0695. The van der Waals surface area contributed by atoms with Crippen molar-refractivity contribution in [2.45, 2.75) is 51.6 Å². The largest absolute Gasteiger partial charge is 0.393 e. The molecule has 0 radical (unpaired) electrons. The molecule has 0 aromatic rings. The molecule has 3 unspecified atom stereocenters. The number of aliphatic hydroxyl groups excluding tert-OH is 1. The summed E-state index contributed by atoms with van der Waals surface area (Å²) in [6.45, 7) is 6.38. The third-order valence-electron chi connectivity index (χ3n) is 5.09. The molecule has 3 nitrogen and oxygen atoms in total. The van der Waals surface area contributed by atoms with Gasteiger partial charge in [0.2, 0.25) is 0 Å². The summed E-state index contributed by atoms with van der Waals surface area (Å²) in [6, 6.07) is 0. The van der Waals surface area contributed by atoms with Crippen molar-refractivity contribution in [3.63, 3.8) is 0 Å². The fraction of sp³-hybridized carbons (Fsp3) is 1.00. The molecule has 1 aliphatic heterocycles. The summed E-state index contributed by atoms with van der Waals surface area (Å²) in [6.07, 6.45) is 7.05. The van der Waals surface area contributed by atoms with E-state index in [0.29, 0.717) is 5.92 Å². The van der Waals surface area contributed by atoms with Crippen LogP contribution < -0.4 is 0 Å². The van der Waals surface area contributed by atoms with E-state index in [1.54, 1.807) is 0 Å². The summed E-state index contributed by atoms with van der Waals surface area (Å²) in [5.41, 5.74) is 0. The molecule has 1 N–H and O–H groups in total. The van der Waals surface area contributed by atoms with Gasteiger partial charge < -0.3 is 14.7 Å². The third-order valence-corrected chi connectivity index (χ3v) is 5.09. The summed E-state index contributed by atoms with van der Waals surface area (Å²) in [4.78, 5) is 2.45. The van der Waals surface area contributed by atoms with Crippen molar-refractivity contribution < 1.29 is 9.84 Å². The maximum absolute atomic E-state index is 10.2. The lowest BCUT2D eigenvalue weighted by Gasteiger charge is -2.36. The first-order chi connectivity index (χ1) is 9.19. The Bertz CT molecular complexity index is 253. The second-order valence-corrected chi connectivity index (χ2v) is 6.69. The molecule has 1 heterocycles. The molecule has 0 aromatic carbocycles. The van der Waals surface area contributed by atoms with Crippen LogP contribution >= 0.6 is 0 Å². The molecule has 19 heavy (non-hydrogen) atoms. The van der Waals surface area contributed by atoms with E-state index in [2.05, 4.69) is 18.9 Å². The highest BCUT2D eigenvalue weighted by molar-refractivity contribution is 4.81. The Kier molecular flexibility index (Phi) is 6.11. The maximum atomic E-state index is 10.2. The average Bonchev–Trinajstić information content (AvgIpc) is 2.42. The van der Waals surface area contributed by atoms with Crippen molar-refractivity contribution in [3.8, 4) is 0 Å². The van der Waals surface area contributed by atoms with E-state index in [1.807, 2.05) is 0 Å². The lowest BCUT2D eigenvalue weighted by Crippen LogP contribution is -2.39. The SMILES string of the molecule is CCC1CCC(O)C(CN(C)CC2CCOCC2)C1. The highest BCUT2D eigenvalue weighted by Gasteiger charge is 2.29. The molecule has 1 saturated carbocycles. The first kappa shape index (κ1) is 15.3. The fourth-order valence-electron chi connectivity index (χ4n) is 3.76. The van der Waals surface area contributed by atoms with Gasteiger partial charge in [0.15, 0.2) is 0 Å². The van der Waals surface area contributed by atoms with E-state index < -0.39 is 0 Å². The van der Waals surface area contributed by atoms with E-state index in [9.17, 15) is 5.11 Å². The molecule has 112 valence electrons. The van der Waals surface area contributed by atoms with Crippen LogP contribution in [0.2, 0.25) is 0 Å². The predicted octanol–water partition coefficient (Wildman–Crippen LogP) is 2.53. The van der Waals surface area contributed by atoms with Crippen LogP contribution in [-0.4, -0.2) is 49.5 Å². The van der Waals surface area contributed by atoms with Crippen molar-refractivity contribution in [3.05, 3.63) is 0 Å². The fourth-order valence-corrected chi connectivity index (χ4v) is 3.76. The average molecular weight is 269 g/mol. The summed E-state index contributed by atoms with van der Waals surface area (Å²) in [5, 5.41) is 10.2. The summed E-state index contributed by atoms with van der Waals surface area (Å²) >= 11 is 0. The molecule has 1 aliphatic carbocycles. The minimum Gasteiger partial charge on any atom is -0.393 e. The molecule has 1 saturated heterocycles. The van der Waals surface area contributed by atoms with Gasteiger partial charge in [0, 0.05) is 26.3 Å². The van der Waals surface area contributed by atoms with Crippen LogP contribution in [0.4, 0.5) is 0 Å². The van der Waals surface area contributed by atoms with E-state index in [1.165, 1.54) is 38.6 Å². The molecule has 3 atom stereocenters. The van der Waals surface area contributed by atoms with Gasteiger partial charge in [0.25, 0.3) is 0 Å². The summed E-state index contributed by atoms with van der Waals surface area (Å²) in [7, 11) is 2.22. The van der Waals surface area contributed by atoms with Crippen LogP contribution in [0.15, 0.2) is 0 Å². The lowest BCUT2D eigenvalue weighted by atomic mass is 9.78. The highest BCUT2D eigenvalue weighted by Crippen LogP contribution is 2.32. The minimum atomic E-state index is -0.0695. The molecule has 0 spiro atoms. The number of ether oxygens (including phenoxy) is 1. The molecular weight excluding hydrogens is 238 g/mol. The van der Waals surface area contributed by atoms with Gasteiger partial charge in [-0.3, -0.25) is 0 Å². The van der Waals surface area contributed by atoms with Gasteiger partial charge in [0.05, 0.1) is 6.10 Å². The first-order valence-electron chi connectivity index (χ1n) is 8.13. The zero-order chi connectivity index (χ0) is 13.7. The highest BCUT2D eigenvalue weighted by atomic mass is 16.5. The van der Waals surface area contributed by atoms with E-state index in [4.69, 9.17) is 4.74 Å². The van der Waals surface area contributed by atoms with E-state index in [-0.39, 0.29) is 6.10 Å². The molecule has 0 amide bonds. The van der Waals surface area contributed by atoms with Gasteiger partial charge in [-0.25, -0.2) is 0 Å². The van der Waals surface area contributed by atoms with Crippen LogP contribution in [0.1, 0.15) is 45.4 Å². The predicted molar refractivity (Wildman–Crippen MR) is 78.2 cm³/mol. The number of rotatable bonds is 5. The third kappa shape index (κ3) is 4.73. The Morgan fingerprint density at radius 1 is 1.05 bits per heavy atom. The zero-order valence-corrected chi connectivity index (χ0v) is 12.7. The number of nitrogens with zero attached hydrogens (tertiary/aromatic N) is 1. The second-order valence-electron chi connectivity index (χ2n) is 6.69. The molecule has 2 rings (SSSR count). The van der Waals surface area contributed by atoms with Crippen molar-refractivity contribution in [1.82, 2.24) is 4.90 Å². The van der Waals surface area contributed by atoms with Crippen molar-refractivity contribution >= 4 is 0 Å². The first-order valence-corrected chi connectivity index (χ1v) is 8.13. The Morgan fingerprint density at radius 3 is 2.47 bits per heavy atom. The number of aliphatic hydroxyl groups is 1. The molecule has 0 bridgehead atoms. The Hall–Kier alpha value is -0.120. The van der Waals surface area contributed by atoms with E-state index >= 15 is 0 Å². The van der Waals surface area contributed by atoms with Gasteiger partial charge >= 0.3 is 0 Å². The van der Waals surface area contributed by atoms with Gasteiger partial charge in [-0.05, 0) is 56.9 Å². The Morgan fingerprint density at radius 2 is 1.79 bits per heavy atom. The zero-order valence-electron chi connectivity index (χ0n) is 12.7. The Labute approximate surface area is 118 Å². The number of hydrogen-bond acceptors (Lipinski definition) is 3. The maximum Gasteiger partial charge on any atom is 0.0580 e. The number of hydrogen-bond donors (Lipinski definition) is 1. The van der Waals surface area contributed by atoms with Gasteiger partial charge in [0.1, 0.15) is 0 Å². The Balaban J connectivity index is 1.74. The second kappa shape index (κ2) is 7.61. The van der Waals surface area contributed by atoms with Crippen LogP contribution in [0.25, 0.3) is 0 Å². The molecule has 2 fully saturated rings. The van der Waals surface area contributed by atoms with Gasteiger partial charge in [-0.1, -0.05) is 13.3 Å². The summed E-state index contributed by atoms with van der Waals surface area (Å²) in [5.74, 6) is 2.12. The normalized spacial score (nSPS) is 33.8. The smallest absolute Gasteiger partial charge is 0.0580 e.